The molecule has 1 aromatic rings. The van der Waals surface area contributed by atoms with Crippen molar-refractivity contribution in [1.29, 1.82) is 0 Å². The van der Waals surface area contributed by atoms with E-state index in [2.05, 4.69) is 30.7 Å². The average Bonchev–Trinajstić information content (AvgIpc) is 2.62. The van der Waals surface area contributed by atoms with Crippen LogP contribution in [-0.2, 0) is 24.3 Å². The first-order valence-electron chi connectivity index (χ1n) is 7.95. The second kappa shape index (κ2) is 10.5. The van der Waals surface area contributed by atoms with E-state index in [1.165, 1.54) is 26.4 Å². The molecule has 0 aliphatic heterocycles. The molecular formula is C16H23BrN2O6S. The van der Waals surface area contributed by atoms with Gasteiger partial charge in [-0.05, 0) is 24.6 Å². The number of unbranched alkanes of at least 4 members (excludes halogenated alkanes) is 1. The molecule has 0 aromatic heterocycles. The molecule has 0 spiro atoms. The van der Waals surface area contributed by atoms with Crippen LogP contribution >= 0.6 is 15.9 Å². The van der Waals surface area contributed by atoms with Gasteiger partial charge in [0.15, 0.2) is 0 Å². The summed E-state index contributed by atoms with van der Waals surface area (Å²) in [6.07, 6.45) is 1.99. The number of carbonyl (C=O) groups is 2. The SMILES string of the molecule is CCCCC(NC(=O)CNS(=O)(=O)c1cc(Br)ccc1OC)C(=O)OC. The fourth-order valence-electron chi connectivity index (χ4n) is 2.14. The third-order valence-corrected chi connectivity index (χ3v) is 5.42. The van der Waals surface area contributed by atoms with E-state index in [4.69, 9.17) is 4.74 Å². The van der Waals surface area contributed by atoms with Gasteiger partial charge in [-0.25, -0.2) is 17.9 Å². The molecule has 1 atom stereocenters. The normalized spacial score (nSPS) is 12.3. The standard InChI is InChI=1S/C16H23BrN2O6S/c1-4-5-6-12(16(21)25-3)19-15(20)10-18-26(22,23)14-9-11(17)7-8-13(14)24-2/h7-9,12,18H,4-6,10H2,1-3H3,(H,19,20). The van der Waals surface area contributed by atoms with Crippen molar-refractivity contribution < 1.29 is 27.5 Å². The number of methoxy groups -OCH3 is 2. The Morgan fingerprint density at radius 3 is 2.54 bits per heavy atom. The third-order valence-electron chi connectivity index (χ3n) is 3.51. The first-order chi connectivity index (χ1) is 12.2. The van der Waals surface area contributed by atoms with E-state index in [-0.39, 0.29) is 10.6 Å². The summed E-state index contributed by atoms with van der Waals surface area (Å²) in [6.45, 7) is 1.44. The summed E-state index contributed by atoms with van der Waals surface area (Å²) in [5, 5.41) is 2.49. The Bertz CT molecular complexity index is 738. The summed E-state index contributed by atoms with van der Waals surface area (Å²) < 4.78 is 37.3. The average molecular weight is 451 g/mol. The molecule has 1 rings (SSSR count). The van der Waals surface area contributed by atoms with E-state index in [1.54, 1.807) is 6.07 Å². The number of esters is 1. The van der Waals surface area contributed by atoms with Crippen LogP contribution in [0.5, 0.6) is 5.75 Å². The molecule has 0 saturated carbocycles. The van der Waals surface area contributed by atoms with E-state index in [0.29, 0.717) is 10.9 Å². The molecule has 0 radical (unpaired) electrons. The van der Waals surface area contributed by atoms with Crippen molar-refractivity contribution in [3.05, 3.63) is 22.7 Å². The predicted molar refractivity (Wildman–Crippen MR) is 99.4 cm³/mol. The van der Waals surface area contributed by atoms with Crippen LogP contribution in [-0.4, -0.2) is 47.1 Å². The topological polar surface area (TPSA) is 111 Å². The van der Waals surface area contributed by atoms with E-state index in [0.717, 1.165) is 12.8 Å². The Morgan fingerprint density at radius 2 is 1.96 bits per heavy atom. The minimum Gasteiger partial charge on any atom is -0.495 e. The summed E-state index contributed by atoms with van der Waals surface area (Å²) in [5.74, 6) is -1.05. The Balaban J connectivity index is 2.79. The van der Waals surface area contributed by atoms with Crippen LogP contribution in [0.15, 0.2) is 27.6 Å². The Kier molecular flexibility index (Phi) is 9.03. The fraction of sp³-hybridized carbons (Fsp3) is 0.500. The van der Waals surface area contributed by atoms with Crippen LogP contribution in [0, 0.1) is 0 Å². The van der Waals surface area contributed by atoms with Gasteiger partial charge in [0.25, 0.3) is 0 Å². The number of ether oxygens (including phenoxy) is 2. The number of hydrogen-bond acceptors (Lipinski definition) is 6. The van der Waals surface area contributed by atoms with Crippen LogP contribution < -0.4 is 14.8 Å². The maximum absolute atomic E-state index is 12.4. The molecule has 0 aliphatic rings. The highest BCUT2D eigenvalue weighted by Crippen LogP contribution is 2.26. The lowest BCUT2D eigenvalue weighted by Gasteiger charge is -2.16. The first-order valence-corrected chi connectivity index (χ1v) is 10.2. The second-order valence-electron chi connectivity index (χ2n) is 5.41. The molecular weight excluding hydrogens is 428 g/mol. The van der Waals surface area contributed by atoms with Crippen molar-refractivity contribution in [3.63, 3.8) is 0 Å². The highest BCUT2D eigenvalue weighted by Gasteiger charge is 2.24. The van der Waals surface area contributed by atoms with E-state index >= 15 is 0 Å². The Morgan fingerprint density at radius 1 is 1.27 bits per heavy atom. The highest BCUT2D eigenvalue weighted by atomic mass is 79.9. The lowest BCUT2D eigenvalue weighted by Crippen LogP contribution is -2.45. The molecule has 26 heavy (non-hydrogen) atoms. The van der Waals surface area contributed by atoms with Crippen molar-refractivity contribution in [3.8, 4) is 5.75 Å². The molecule has 10 heteroatoms. The van der Waals surface area contributed by atoms with Crippen LogP contribution in [0.3, 0.4) is 0 Å². The van der Waals surface area contributed by atoms with Gasteiger partial charge < -0.3 is 14.8 Å². The van der Waals surface area contributed by atoms with Gasteiger partial charge in [0, 0.05) is 4.47 Å². The minimum absolute atomic E-state index is 0.0994. The van der Waals surface area contributed by atoms with Crippen molar-refractivity contribution in [1.82, 2.24) is 10.0 Å². The predicted octanol–water partition coefficient (Wildman–Crippen LogP) is 1.58. The molecule has 2 N–H and O–H groups in total. The molecule has 8 nitrogen and oxygen atoms in total. The molecule has 0 saturated heterocycles. The molecule has 1 unspecified atom stereocenters. The summed E-state index contributed by atoms with van der Waals surface area (Å²) in [4.78, 5) is 23.7. The van der Waals surface area contributed by atoms with Gasteiger partial charge in [0.05, 0.1) is 20.8 Å². The van der Waals surface area contributed by atoms with Crippen LogP contribution in [0.2, 0.25) is 0 Å². The first kappa shape index (κ1) is 22.4. The third kappa shape index (κ3) is 6.58. The molecule has 0 bridgehead atoms. The van der Waals surface area contributed by atoms with Crippen molar-refractivity contribution in [2.45, 2.75) is 37.1 Å². The number of rotatable bonds is 10. The number of benzene rings is 1. The zero-order valence-corrected chi connectivity index (χ0v) is 17.3. The van der Waals surface area contributed by atoms with Gasteiger partial charge in [0.2, 0.25) is 15.9 Å². The lowest BCUT2D eigenvalue weighted by molar-refractivity contribution is -0.145. The molecule has 0 aliphatic carbocycles. The summed E-state index contributed by atoms with van der Waals surface area (Å²) in [5.41, 5.74) is 0. The molecule has 1 amide bonds. The molecule has 146 valence electrons. The van der Waals surface area contributed by atoms with Crippen LogP contribution in [0.4, 0.5) is 0 Å². The number of sulfonamides is 1. The largest absolute Gasteiger partial charge is 0.495 e. The van der Waals surface area contributed by atoms with Gasteiger partial charge in [-0.1, -0.05) is 35.7 Å². The number of hydrogen-bond donors (Lipinski definition) is 2. The van der Waals surface area contributed by atoms with Gasteiger partial charge in [-0.15, -0.1) is 0 Å². The molecule has 0 heterocycles. The van der Waals surface area contributed by atoms with E-state index < -0.39 is 34.5 Å². The van der Waals surface area contributed by atoms with Crippen molar-refractivity contribution in [2.24, 2.45) is 0 Å². The van der Waals surface area contributed by atoms with Gasteiger partial charge in [-0.3, -0.25) is 4.79 Å². The second-order valence-corrected chi connectivity index (χ2v) is 8.06. The molecule has 0 fully saturated rings. The van der Waals surface area contributed by atoms with E-state index in [9.17, 15) is 18.0 Å². The Hall–Kier alpha value is -1.65. The van der Waals surface area contributed by atoms with Gasteiger partial charge >= 0.3 is 5.97 Å². The quantitative estimate of drug-likeness (QED) is 0.523. The summed E-state index contributed by atoms with van der Waals surface area (Å²) in [6, 6.07) is 3.70. The minimum atomic E-state index is -3.98. The van der Waals surface area contributed by atoms with Gasteiger partial charge in [0.1, 0.15) is 16.7 Å². The van der Waals surface area contributed by atoms with Crippen molar-refractivity contribution in [2.75, 3.05) is 20.8 Å². The smallest absolute Gasteiger partial charge is 0.328 e. The van der Waals surface area contributed by atoms with Crippen molar-refractivity contribution >= 4 is 37.8 Å². The fourth-order valence-corrected chi connectivity index (χ4v) is 3.83. The summed E-state index contributed by atoms with van der Waals surface area (Å²) in [7, 11) is -1.40. The summed E-state index contributed by atoms with van der Waals surface area (Å²) >= 11 is 3.20. The maximum atomic E-state index is 12.4. The zero-order chi connectivity index (χ0) is 19.7. The van der Waals surface area contributed by atoms with Crippen LogP contribution in [0.1, 0.15) is 26.2 Å². The number of amides is 1. The Labute approximate surface area is 161 Å². The maximum Gasteiger partial charge on any atom is 0.328 e. The van der Waals surface area contributed by atoms with E-state index in [1.807, 2.05) is 6.92 Å². The number of carbonyl (C=O) groups excluding carboxylic acids is 2. The number of nitrogens with one attached hydrogen (secondary N) is 2. The van der Waals surface area contributed by atoms with Gasteiger partial charge in [-0.2, -0.15) is 0 Å². The monoisotopic (exact) mass is 450 g/mol. The molecule has 1 aromatic carbocycles. The van der Waals surface area contributed by atoms with Crippen LogP contribution in [0.25, 0.3) is 0 Å². The zero-order valence-electron chi connectivity index (χ0n) is 14.9. The highest BCUT2D eigenvalue weighted by molar-refractivity contribution is 9.10. The lowest BCUT2D eigenvalue weighted by atomic mass is 10.1. The number of halogens is 1.